The highest BCUT2D eigenvalue weighted by Gasteiger charge is 2.16. The van der Waals surface area contributed by atoms with E-state index in [2.05, 4.69) is 22.4 Å². The summed E-state index contributed by atoms with van der Waals surface area (Å²) in [5.41, 5.74) is 1.76. The lowest BCUT2D eigenvalue weighted by Crippen LogP contribution is -2.20. The van der Waals surface area contributed by atoms with E-state index in [9.17, 15) is 13.2 Å². The third-order valence-electron chi connectivity index (χ3n) is 4.02. The zero-order valence-corrected chi connectivity index (χ0v) is 16.9. The van der Waals surface area contributed by atoms with Gasteiger partial charge in [-0.3, -0.25) is 4.79 Å². The van der Waals surface area contributed by atoms with Crippen LogP contribution in [0.15, 0.2) is 47.8 Å². The Morgan fingerprint density at radius 3 is 2.63 bits per heavy atom. The molecule has 1 aromatic heterocycles. The summed E-state index contributed by atoms with van der Waals surface area (Å²) in [6, 6.07) is 14.2. The van der Waals surface area contributed by atoms with Gasteiger partial charge in [-0.2, -0.15) is 0 Å². The van der Waals surface area contributed by atoms with Crippen LogP contribution in [0.25, 0.3) is 22.0 Å². The van der Waals surface area contributed by atoms with Gasteiger partial charge in [-0.15, -0.1) is 11.3 Å². The topological polar surface area (TPSA) is 76.1 Å². The van der Waals surface area contributed by atoms with Gasteiger partial charge in [0.05, 0.1) is 17.2 Å². The van der Waals surface area contributed by atoms with Crippen LogP contribution in [-0.2, 0) is 14.6 Å². The quantitative estimate of drug-likeness (QED) is 0.637. The van der Waals surface area contributed by atoms with E-state index in [-0.39, 0.29) is 29.8 Å². The Morgan fingerprint density at radius 1 is 1.15 bits per heavy atom. The van der Waals surface area contributed by atoms with Gasteiger partial charge in [-0.25, -0.2) is 13.4 Å². The molecule has 2 aromatic carbocycles. The maximum Gasteiger partial charge on any atom is 0.227 e. The van der Waals surface area contributed by atoms with E-state index in [1.807, 2.05) is 49.6 Å². The lowest BCUT2D eigenvalue weighted by atomic mass is 10.1. The summed E-state index contributed by atoms with van der Waals surface area (Å²) in [6.07, 6.45) is -0.0556. The molecule has 0 radical (unpaired) electrons. The van der Waals surface area contributed by atoms with E-state index < -0.39 is 9.84 Å². The van der Waals surface area contributed by atoms with Gasteiger partial charge < -0.3 is 5.32 Å². The third-order valence-corrected chi connectivity index (χ3v) is 6.78. The number of nitrogens with one attached hydrogen (secondary N) is 1. The van der Waals surface area contributed by atoms with E-state index >= 15 is 0 Å². The molecular formula is C20H22N2O3S2. The normalized spacial score (nSPS) is 11.8. The van der Waals surface area contributed by atoms with Crippen molar-refractivity contribution in [1.82, 2.24) is 4.98 Å². The zero-order chi connectivity index (χ0) is 19.4. The van der Waals surface area contributed by atoms with Crippen molar-refractivity contribution >= 4 is 43.0 Å². The molecule has 0 saturated heterocycles. The fourth-order valence-corrected chi connectivity index (χ4v) is 5.25. The van der Waals surface area contributed by atoms with Crippen LogP contribution in [0.3, 0.4) is 0 Å². The molecule has 0 unspecified atom stereocenters. The Labute approximate surface area is 163 Å². The van der Waals surface area contributed by atoms with Crippen LogP contribution in [-0.4, -0.2) is 30.8 Å². The molecule has 0 aliphatic carbocycles. The minimum absolute atomic E-state index is 0.0556. The van der Waals surface area contributed by atoms with Crippen molar-refractivity contribution in [2.75, 3.05) is 16.8 Å². The van der Waals surface area contributed by atoms with Gasteiger partial charge in [-0.05, 0) is 22.8 Å². The molecule has 0 saturated carbocycles. The van der Waals surface area contributed by atoms with Gasteiger partial charge >= 0.3 is 0 Å². The molecule has 0 aliphatic heterocycles. The summed E-state index contributed by atoms with van der Waals surface area (Å²) in [5.74, 6) is -0.313. The number of sulfone groups is 1. The summed E-state index contributed by atoms with van der Waals surface area (Å²) < 4.78 is 23.8. The van der Waals surface area contributed by atoms with Crippen LogP contribution in [0.5, 0.6) is 0 Å². The average Bonchev–Trinajstić information content (AvgIpc) is 3.07. The first-order chi connectivity index (χ1) is 12.8. The highest BCUT2D eigenvalue weighted by molar-refractivity contribution is 7.91. The molecular weight excluding hydrogens is 380 g/mol. The number of thiazole rings is 1. The van der Waals surface area contributed by atoms with E-state index in [0.717, 1.165) is 22.0 Å². The molecule has 7 heteroatoms. The van der Waals surface area contributed by atoms with Crippen molar-refractivity contribution in [3.05, 3.63) is 47.8 Å². The molecule has 5 nitrogen and oxygen atoms in total. The fourth-order valence-electron chi connectivity index (χ4n) is 2.83. The lowest BCUT2D eigenvalue weighted by Gasteiger charge is -2.06. The summed E-state index contributed by atoms with van der Waals surface area (Å²) in [7, 11) is -3.20. The third kappa shape index (κ3) is 5.37. The SMILES string of the molecule is CC(C)CS(=O)(=O)CCC(=O)Nc1nc(-c2ccc3ccccc3c2)cs1. The zero-order valence-electron chi connectivity index (χ0n) is 15.3. The number of anilines is 1. The Bertz CT molecular complexity index is 1060. The van der Waals surface area contributed by atoms with Crippen molar-refractivity contribution < 1.29 is 13.2 Å². The molecule has 1 amide bonds. The summed E-state index contributed by atoms with van der Waals surface area (Å²) in [4.78, 5) is 16.5. The van der Waals surface area contributed by atoms with Crippen molar-refractivity contribution in [3.8, 4) is 11.3 Å². The summed E-state index contributed by atoms with van der Waals surface area (Å²) in [6.45, 7) is 3.70. The average molecular weight is 403 g/mol. The number of nitrogens with zero attached hydrogens (tertiary/aromatic N) is 1. The Kier molecular flexibility index (Phi) is 5.92. The number of benzene rings is 2. The van der Waals surface area contributed by atoms with E-state index in [4.69, 9.17) is 0 Å². The predicted molar refractivity (Wildman–Crippen MR) is 112 cm³/mol. The second-order valence-electron chi connectivity index (χ2n) is 6.91. The van der Waals surface area contributed by atoms with Gasteiger partial charge in [0.1, 0.15) is 0 Å². The highest BCUT2D eigenvalue weighted by atomic mass is 32.2. The molecule has 0 spiro atoms. The van der Waals surface area contributed by atoms with Gasteiger partial charge in [-0.1, -0.05) is 50.2 Å². The molecule has 1 heterocycles. The molecule has 1 N–H and O–H groups in total. The lowest BCUT2D eigenvalue weighted by molar-refractivity contribution is -0.115. The monoisotopic (exact) mass is 402 g/mol. The number of amides is 1. The Hall–Kier alpha value is -2.25. The van der Waals surface area contributed by atoms with E-state index in [0.29, 0.717) is 5.13 Å². The van der Waals surface area contributed by atoms with Crippen LogP contribution in [0.2, 0.25) is 0 Å². The number of aromatic nitrogens is 1. The van der Waals surface area contributed by atoms with E-state index in [1.165, 1.54) is 11.3 Å². The molecule has 0 bridgehead atoms. The largest absolute Gasteiger partial charge is 0.302 e. The fraction of sp³-hybridized carbons (Fsp3) is 0.300. The predicted octanol–water partition coefficient (Wildman–Crippen LogP) is 4.36. The molecule has 0 atom stereocenters. The molecule has 3 aromatic rings. The van der Waals surface area contributed by atoms with Crippen LogP contribution >= 0.6 is 11.3 Å². The first-order valence-corrected chi connectivity index (χ1v) is 11.5. The number of rotatable bonds is 7. The standard InChI is InChI=1S/C20H22N2O3S2/c1-14(2)13-27(24,25)10-9-19(23)22-20-21-18(12-26-20)17-8-7-15-5-3-4-6-16(15)11-17/h3-8,11-12,14H,9-10,13H2,1-2H3,(H,21,22,23). The first-order valence-electron chi connectivity index (χ1n) is 8.77. The molecule has 142 valence electrons. The number of hydrogen-bond acceptors (Lipinski definition) is 5. The van der Waals surface area contributed by atoms with Gasteiger partial charge in [0.2, 0.25) is 5.91 Å². The Morgan fingerprint density at radius 2 is 1.89 bits per heavy atom. The maximum absolute atomic E-state index is 12.1. The number of fused-ring (bicyclic) bond motifs is 1. The first kappa shape index (κ1) is 19.5. The number of hydrogen-bond donors (Lipinski definition) is 1. The van der Waals surface area contributed by atoms with Gasteiger partial charge in [0.25, 0.3) is 0 Å². The van der Waals surface area contributed by atoms with Crippen LogP contribution < -0.4 is 5.32 Å². The summed E-state index contributed by atoms with van der Waals surface area (Å²) in [5, 5.41) is 7.35. The second kappa shape index (κ2) is 8.19. The van der Waals surface area contributed by atoms with Crippen LogP contribution in [0.4, 0.5) is 5.13 Å². The smallest absolute Gasteiger partial charge is 0.227 e. The maximum atomic E-state index is 12.1. The summed E-state index contributed by atoms with van der Waals surface area (Å²) >= 11 is 1.33. The number of carbonyl (C=O) groups is 1. The Balaban J connectivity index is 1.64. The minimum Gasteiger partial charge on any atom is -0.302 e. The highest BCUT2D eigenvalue weighted by Crippen LogP contribution is 2.27. The van der Waals surface area contributed by atoms with Crippen LogP contribution in [0.1, 0.15) is 20.3 Å². The number of carbonyl (C=O) groups excluding carboxylic acids is 1. The van der Waals surface area contributed by atoms with Gasteiger partial charge in [0.15, 0.2) is 15.0 Å². The van der Waals surface area contributed by atoms with Crippen molar-refractivity contribution in [3.63, 3.8) is 0 Å². The minimum atomic E-state index is -3.20. The van der Waals surface area contributed by atoms with Crippen LogP contribution in [0, 0.1) is 5.92 Å². The molecule has 27 heavy (non-hydrogen) atoms. The molecule has 0 fully saturated rings. The van der Waals surface area contributed by atoms with Crippen molar-refractivity contribution in [2.45, 2.75) is 20.3 Å². The van der Waals surface area contributed by atoms with E-state index in [1.54, 1.807) is 0 Å². The molecule has 3 rings (SSSR count). The van der Waals surface area contributed by atoms with Crippen molar-refractivity contribution in [2.24, 2.45) is 5.92 Å². The van der Waals surface area contributed by atoms with Crippen molar-refractivity contribution in [1.29, 1.82) is 0 Å². The second-order valence-corrected chi connectivity index (χ2v) is 9.99. The molecule has 0 aliphatic rings. The van der Waals surface area contributed by atoms with Gasteiger partial charge in [0, 0.05) is 17.4 Å².